The molecule has 0 saturated heterocycles. The van der Waals surface area contributed by atoms with Gasteiger partial charge in [-0.25, -0.2) is 0 Å². The third kappa shape index (κ3) is 5.04. The minimum atomic E-state index is 0.231. The summed E-state index contributed by atoms with van der Waals surface area (Å²) in [6.07, 6.45) is 2.17. The van der Waals surface area contributed by atoms with Gasteiger partial charge in [-0.05, 0) is 64.4 Å². The summed E-state index contributed by atoms with van der Waals surface area (Å²) < 4.78 is 0. The van der Waals surface area contributed by atoms with Gasteiger partial charge in [-0.15, -0.1) is 0 Å². The summed E-state index contributed by atoms with van der Waals surface area (Å²) in [6.45, 7) is 9.12. The molecule has 4 unspecified atom stereocenters. The highest BCUT2D eigenvalue weighted by atomic mass is 14.6. The van der Waals surface area contributed by atoms with Gasteiger partial charge in [0.1, 0.15) is 0 Å². The number of hydrogen-bond acceptors (Lipinski definition) is 3. The third-order valence-corrected chi connectivity index (χ3v) is 6.82. The van der Waals surface area contributed by atoms with E-state index in [0.29, 0.717) is 17.8 Å². The number of rotatable bonds is 8. The zero-order valence-corrected chi connectivity index (χ0v) is 19.3. The maximum Gasteiger partial charge on any atom is 0.0353 e. The zero-order chi connectivity index (χ0) is 22.5. The number of anilines is 3. The Morgan fingerprint density at radius 1 is 0.581 bits per heavy atom. The van der Waals surface area contributed by atoms with Crippen molar-refractivity contribution in [3.63, 3.8) is 0 Å². The van der Waals surface area contributed by atoms with Crippen molar-refractivity contribution in [2.75, 3.05) is 17.2 Å². The molecule has 0 radical (unpaired) electrons. The fourth-order valence-corrected chi connectivity index (χ4v) is 4.60. The first kappa shape index (κ1) is 22.7. The van der Waals surface area contributed by atoms with Crippen molar-refractivity contribution in [3.8, 4) is 0 Å². The molecule has 3 aromatic rings. The number of nitrogen functional groups attached to an aromatic ring is 3. The smallest absolute Gasteiger partial charge is 0.0353 e. The average molecular weight is 416 g/mol. The van der Waals surface area contributed by atoms with Crippen LogP contribution in [0.4, 0.5) is 17.1 Å². The van der Waals surface area contributed by atoms with E-state index in [4.69, 9.17) is 17.2 Å². The van der Waals surface area contributed by atoms with Crippen molar-refractivity contribution in [3.05, 3.63) is 89.0 Å². The minimum Gasteiger partial charge on any atom is -0.399 e. The van der Waals surface area contributed by atoms with Gasteiger partial charge in [0.05, 0.1) is 0 Å². The molecule has 0 spiro atoms. The van der Waals surface area contributed by atoms with Gasteiger partial charge in [0.15, 0.2) is 0 Å². The van der Waals surface area contributed by atoms with E-state index in [1.165, 1.54) is 22.3 Å². The van der Waals surface area contributed by atoms with E-state index in [9.17, 15) is 0 Å². The lowest BCUT2D eigenvalue weighted by atomic mass is 9.76. The summed E-state index contributed by atoms with van der Waals surface area (Å²) >= 11 is 0. The van der Waals surface area contributed by atoms with Crippen LogP contribution in [-0.4, -0.2) is 0 Å². The van der Waals surface area contributed by atoms with Crippen molar-refractivity contribution >= 4 is 17.1 Å². The molecular weight excluding hydrogens is 378 g/mol. The highest BCUT2D eigenvalue weighted by Crippen LogP contribution is 2.41. The Labute approximate surface area is 187 Å². The van der Waals surface area contributed by atoms with Crippen LogP contribution >= 0.6 is 0 Å². The summed E-state index contributed by atoms with van der Waals surface area (Å²) in [5.74, 6) is 1.49. The van der Waals surface area contributed by atoms with Crippen LogP contribution in [0.3, 0.4) is 0 Å². The van der Waals surface area contributed by atoms with Crippen LogP contribution in [-0.2, 0) is 0 Å². The molecule has 3 heteroatoms. The normalized spacial score (nSPS) is 15.2. The van der Waals surface area contributed by atoms with E-state index in [1.54, 1.807) is 0 Å². The average Bonchev–Trinajstić information content (AvgIpc) is 2.78. The molecule has 0 fully saturated rings. The molecular formula is C28H37N3. The quantitative estimate of drug-likeness (QED) is 0.354. The second-order valence-electron chi connectivity index (χ2n) is 8.95. The summed E-state index contributed by atoms with van der Waals surface area (Å²) in [6, 6.07) is 23.2. The van der Waals surface area contributed by atoms with Crippen molar-refractivity contribution in [2.24, 2.45) is 11.8 Å². The van der Waals surface area contributed by atoms with Gasteiger partial charge in [0.2, 0.25) is 0 Å². The van der Waals surface area contributed by atoms with Gasteiger partial charge in [-0.3, -0.25) is 0 Å². The highest BCUT2D eigenvalue weighted by Gasteiger charge is 2.26. The van der Waals surface area contributed by atoms with Crippen LogP contribution in [0, 0.1) is 11.8 Å². The zero-order valence-electron chi connectivity index (χ0n) is 19.3. The molecule has 31 heavy (non-hydrogen) atoms. The van der Waals surface area contributed by atoms with Gasteiger partial charge in [0.25, 0.3) is 0 Å². The largest absolute Gasteiger partial charge is 0.399 e. The van der Waals surface area contributed by atoms with E-state index in [1.807, 2.05) is 24.3 Å². The third-order valence-electron chi connectivity index (χ3n) is 6.82. The fourth-order valence-electron chi connectivity index (χ4n) is 4.60. The maximum absolute atomic E-state index is 6.58. The topological polar surface area (TPSA) is 78.1 Å². The molecule has 3 aromatic carbocycles. The van der Waals surface area contributed by atoms with Gasteiger partial charge in [0, 0.05) is 28.9 Å². The van der Waals surface area contributed by atoms with Crippen LogP contribution in [0.5, 0.6) is 0 Å². The lowest BCUT2D eigenvalue weighted by molar-refractivity contribution is 0.488. The lowest BCUT2D eigenvalue weighted by Gasteiger charge is -2.29. The molecule has 6 N–H and O–H groups in total. The van der Waals surface area contributed by atoms with Crippen molar-refractivity contribution in [1.82, 2.24) is 0 Å². The molecule has 4 atom stereocenters. The summed E-state index contributed by atoms with van der Waals surface area (Å²) in [7, 11) is 0. The Morgan fingerprint density at radius 2 is 1.00 bits per heavy atom. The molecule has 0 bridgehead atoms. The van der Waals surface area contributed by atoms with Crippen molar-refractivity contribution in [1.29, 1.82) is 0 Å². The van der Waals surface area contributed by atoms with E-state index in [-0.39, 0.29) is 5.92 Å². The van der Waals surface area contributed by atoms with Crippen LogP contribution in [0.15, 0.2) is 66.7 Å². The van der Waals surface area contributed by atoms with Crippen LogP contribution in [0.1, 0.15) is 74.6 Å². The van der Waals surface area contributed by atoms with Gasteiger partial charge in [-0.2, -0.15) is 0 Å². The molecule has 0 aliphatic rings. The lowest BCUT2D eigenvalue weighted by Crippen LogP contribution is -2.16. The van der Waals surface area contributed by atoms with E-state index < -0.39 is 0 Å². The van der Waals surface area contributed by atoms with Crippen LogP contribution in [0.2, 0.25) is 0 Å². The molecule has 0 aromatic heterocycles. The molecule has 3 rings (SSSR count). The Balaban J connectivity index is 2.13. The Kier molecular flexibility index (Phi) is 7.27. The molecule has 0 heterocycles. The molecule has 0 amide bonds. The Bertz CT molecular complexity index is 976. The van der Waals surface area contributed by atoms with Crippen molar-refractivity contribution < 1.29 is 0 Å². The monoisotopic (exact) mass is 415 g/mol. The summed E-state index contributed by atoms with van der Waals surface area (Å²) in [4.78, 5) is 0. The summed E-state index contributed by atoms with van der Waals surface area (Å²) in [5.41, 5.74) is 26.0. The van der Waals surface area contributed by atoms with Crippen LogP contribution in [0.25, 0.3) is 0 Å². The van der Waals surface area contributed by atoms with E-state index in [0.717, 1.165) is 29.9 Å². The first-order valence-electron chi connectivity index (χ1n) is 11.5. The van der Waals surface area contributed by atoms with Gasteiger partial charge in [-0.1, -0.05) is 76.9 Å². The Morgan fingerprint density at radius 3 is 1.48 bits per heavy atom. The van der Waals surface area contributed by atoms with E-state index in [2.05, 4.69) is 70.2 Å². The summed E-state index contributed by atoms with van der Waals surface area (Å²) in [5, 5.41) is 0. The predicted octanol–water partition coefficient (Wildman–Crippen LogP) is 6.79. The first-order valence-corrected chi connectivity index (χ1v) is 11.5. The molecule has 0 aliphatic heterocycles. The first-order chi connectivity index (χ1) is 14.8. The number of hydrogen-bond donors (Lipinski definition) is 3. The predicted molar refractivity (Wildman–Crippen MR) is 135 cm³/mol. The SMILES string of the molecule is CCC(C)C(c1ccc(N)cc1)c1ccc(N)c(C(c2ccc(N)cc2)C(C)CC)c1. The maximum atomic E-state index is 6.58. The highest BCUT2D eigenvalue weighted by molar-refractivity contribution is 5.56. The standard InChI is InChI=1S/C28H37N3/c1-5-18(3)27(20-7-12-23(29)13-8-20)22-11-16-26(31)25(17-22)28(19(4)6-2)21-9-14-24(30)15-10-21/h7-19,27-28H,5-6,29-31H2,1-4H3. The minimum absolute atomic E-state index is 0.231. The number of nitrogens with two attached hydrogens (primary N) is 3. The number of benzene rings is 3. The fraction of sp³-hybridized carbons (Fsp3) is 0.357. The van der Waals surface area contributed by atoms with Gasteiger partial charge >= 0.3 is 0 Å². The molecule has 164 valence electrons. The second kappa shape index (κ2) is 9.91. The van der Waals surface area contributed by atoms with Crippen LogP contribution < -0.4 is 17.2 Å². The second-order valence-corrected chi connectivity index (χ2v) is 8.95. The molecule has 0 saturated carbocycles. The molecule has 3 nitrogen and oxygen atoms in total. The van der Waals surface area contributed by atoms with Crippen molar-refractivity contribution in [2.45, 2.75) is 52.4 Å². The van der Waals surface area contributed by atoms with Gasteiger partial charge < -0.3 is 17.2 Å². The Hall–Kier alpha value is -2.94. The molecule has 0 aliphatic carbocycles. The van der Waals surface area contributed by atoms with E-state index >= 15 is 0 Å².